The Morgan fingerprint density at radius 3 is 2.32 bits per heavy atom. The second kappa shape index (κ2) is 9.51. The van der Waals surface area contributed by atoms with Crippen LogP contribution >= 0.6 is 0 Å². The number of alkyl halides is 3. The molecule has 31 heavy (non-hydrogen) atoms. The molecule has 1 saturated carbocycles. The van der Waals surface area contributed by atoms with Gasteiger partial charge in [-0.3, -0.25) is 4.79 Å². The molecule has 1 amide bonds. The molecule has 1 aliphatic rings. The molecule has 166 valence electrons. The maximum Gasteiger partial charge on any atom is 0.416 e. The molecule has 0 unspecified atom stereocenters. The van der Waals surface area contributed by atoms with Gasteiger partial charge in [0.25, 0.3) is 0 Å². The highest BCUT2D eigenvalue weighted by Crippen LogP contribution is 2.30. The summed E-state index contributed by atoms with van der Waals surface area (Å²) in [7, 11) is -4.37. The fraction of sp³-hybridized carbons (Fsp3) is 0.333. The first-order valence-electron chi connectivity index (χ1n) is 9.70. The first kappa shape index (κ1) is 22.8. The van der Waals surface area contributed by atoms with Crippen molar-refractivity contribution in [2.45, 2.75) is 43.2 Å². The number of halogens is 3. The average Bonchev–Trinajstić information content (AvgIpc) is 2.75. The van der Waals surface area contributed by atoms with Crippen LogP contribution in [-0.2, 0) is 21.1 Å². The van der Waals surface area contributed by atoms with E-state index >= 15 is 0 Å². The van der Waals surface area contributed by atoms with Crippen LogP contribution in [-0.4, -0.2) is 20.5 Å². The number of nitrogens with one attached hydrogen (secondary N) is 1. The monoisotopic (exact) mass is 454 g/mol. The Bertz CT molecular complexity index is 1050. The number of amides is 1. The minimum Gasteiger partial charge on any atom is -0.378 e. The Morgan fingerprint density at radius 2 is 1.68 bits per heavy atom. The third-order valence-electron chi connectivity index (χ3n) is 4.94. The molecule has 1 aliphatic carbocycles. The van der Waals surface area contributed by atoms with Crippen molar-refractivity contribution in [3.05, 3.63) is 59.7 Å². The van der Waals surface area contributed by atoms with Gasteiger partial charge in [0.2, 0.25) is 5.91 Å². The third kappa shape index (κ3) is 6.06. The van der Waals surface area contributed by atoms with Crippen molar-refractivity contribution in [1.82, 2.24) is 5.43 Å². The Hall–Kier alpha value is -2.88. The fourth-order valence-corrected chi connectivity index (χ4v) is 4.22. The molecule has 2 aromatic carbocycles. The maximum atomic E-state index is 12.7. The van der Waals surface area contributed by atoms with Crippen molar-refractivity contribution in [2.75, 3.05) is 0 Å². The van der Waals surface area contributed by atoms with E-state index in [-0.39, 0.29) is 23.1 Å². The second-order valence-corrected chi connectivity index (χ2v) is 8.71. The molecule has 0 aromatic heterocycles. The van der Waals surface area contributed by atoms with Gasteiger partial charge in [-0.25, -0.2) is 5.43 Å². The van der Waals surface area contributed by atoms with Crippen LogP contribution < -0.4 is 9.61 Å². The number of nitrogens with zero attached hydrogens (tertiary/aromatic N) is 1. The van der Waals surface area contributed by atoms with Gasteiger partial charge in [0, 0.05) is 11.5 Å². The van der Waals surface area contributed by atoms with Gasteiger partial charge < -0.3 is 4.18 Å². The molecule has 0 saturated heterocycles. The number of hydrogen-bond donors (Lipinski definition) is 1. The molecule has 10 heteroatoms. The van der Waals surface area contributed by atoms with Gasteiger partial charge in [0.05, 0.1) is 11.8 Å². The molecule has 1 fully saturated rings. The maximum absolute atomic E-state index is 12.7. The lowest BCUT2D eigenvalue weighted by Crippen LogP contribution is -2.28. The number of hydrogen-bond acceptors (Lipinski definition) is 5. The Labute approximate surface area is 178 Å². The van der Waals surface area contributed by atoms with Crippen LogP contribution in [0.2, 0.25) is 0 Å². The van der Waals surface area contributed by atoms with Crippen molar-refractivity contribution in [1.29, 1.82) is 0 Å². The van der Waals surface area contributed by atoms with E-state index in [1.165, 1.54) is 24.4 Å². The van der Waals surface area contributed by atoms with Crippen LogP contribution in [0.3, 0.4) is 0 Å². The highest BCUT2D eigenvalue weighted by Gasteiger charge is 2.31. The molecule has 0 spiro atoms. The number of carbonyl (C=O) groups is 1. The number of rotatable bonds is 6. The molecule has 1 N–H and O–H groups in total. The zero-order chi connectivity index (χ0) is 22.5. The third-order valence-corrected chi connectivity index (χ3v) is 6.19. The fourth-order valence-electron chi connectivity index (χ4n) is 3.26. The topological polar surface area (TPSA) is 84.8 Å². The highest BCUT2D eigenvalue weighted by atomic mass is 32.2. The van der Waals surface area contributed by atoms with E-state index in [9.17, 15) is 26.4 Å². The van der Waals surface area contributed by atoms with E-state index in [0.29, 0.717) is 12.1 Å². The molecule has 0 heterocycles. The molecular weight excluding hydrogens is 433 g/mol. The van der Waals surface area contributed by atoms with Crippen LogP contribution in [0.4, 0.5) is 13.2 Å². The minimum atomic E-state index is -4.58. The minimum absolute atomic E-state index is 0.0712. The van der Waals surface area contributed by atoms with Crippen molar-refractivity contribution < 1.29 is 30.6 Å². The van der Waals surface area contributed by atoms with Gasteiger partial charge in [0.15, 0.2) is 5.75 Å². The lowest BCUT2D eigenvalue weighted by atomic mass is 9.89. The summed E-state index contributed by atoms with van der Waals surface area (Å²) in [5.74, 6) is -0.345. The number of benzene rings is 2. The van der Waals surface area contributed by atoms with Gasteiger partial charge in [-0.15, -0.1) is 0 Å². The van der Waals surface area contributed by atoms with Gasteiger partial charge >= 0.3 is 16.3 Å². The Kier molecular flexibility index (Phi) is 6.99. The Morgan fingerprint density at radius 1 is 1.03 bits per heavy atom. The summed E-state index contributed by atoms with van der Waals surface area (Å²) in [4.78, 5) is 11.7. The van der Waals surface area contributed by atoms with E-state index in [0.717, 1.165) is 44.2 Å². The quantitative estimate of drug-likeness (QED) is 0.396. The predicted molar refractivity (Wildman–Crippen MR) is 108 cm³/mol. The molecule has 0 radical (unpaired) electrons. The van der Waals surface area contributed by atoms with Crippen molar-refractivity contribution in [3.63, 3.8) is 0 Å². The molecule has 0 aliphatic heterocycles. The SMILES string of the molecule is O=C(N/N=C/c1ccccc1OS(=O)(=O)c1ccc(C(F)(F)F)cc1)C1CCCCC1. The smallest absolute Gasteiger partial charge is 0.378 e. The summed E-state index contributed by atoms with van der Waals surface area (Å²) >= 11 is 0. The summed E-state index contributed by atoms with van der Waals surface area (Å²) in [5, 5.41) is 3.89. The normalized spacial score (nSPS) is 15.7. The zero-order valence-electron chi connectivity index (χ0n) is 16.4. The lowest BCUT2D eigenvalue weighted by Gasteiger charge is -2.19. The number of para-hydroxylation sites is 1. The van der Waals surface area contributed by atoms with Gasteiger partial charge in [-0.05, 0) is 49.2 Å². The molecule has 0 bridgehead atoms. The van der Waals surface area contributed by atoms with E-state index in [4.69, 9.17) is 4.18 Å². The largest absolute Gasteiger partial charge is 0.416 e. The predicted octanol–water partition coefficient (Wildman–Crippen LogP) is 4.50. The molecule has 0 atom stereocenters. The van der Waals surface area contributed by atoms with Crippen LogP contribution in [0.25, 0.3) is 0 Å². The van der Waals surface area contributed by atoms with Gasteiger partial charge in [-0.2, -0.15) is 26.7 Å². The van der Waals surface area contributed by atoms with Crippen LogP contribution in [0.5, 0.6) is 5.75 Å². The molecule has 6 nitrogen and oxygen atoms in total. The van der Waals surface area contributed by atoms with Crippen LogP contribution in [0.1, 0.15) is 43.2 Å². The molecule has 3 rings (SSSR count). The highest BCUT2D eigenvalue weighted by molar-refractivity contribution is 7.87. The van der Waals surface area contributed by atoms with Gasteiger partial charge in [-0.1, -0.05) is 31.4 Å². The lowest BCUT2D eigenvalue weighted by molar-refractivity contribution is -0.137. The zero-order valence-corrected chi connectivity index (χ0v) is 17.2. The standard InChI is InChI=1S/C21H21F3N2O4S/c22-21(23,24)17-10-12-18(13-11-17)31(28,29)30-19-9-5-4-8-16(19)14-25-26-20(27)15-6-2-1-3-7-15/h4-5,8-15H,1-3,6-7H2,(H,26,27)/b25-14+. The summed E-state index contributed by atoms with van der Waals surface area (Å²) in [6, 6.07) is 9.09. The molecule has 2 aromatic rings. The van der Waals surface area contributed by atoms with E-state index < -0.39 is 26.8 Å². The summed E-state index contributed by atoms with van der Waals surface area (Å²) in [5.41, 5.74) is 1.78. The summed E-state index contributed by atoms with van der Waals surface area (Å²) in [6.07, 6.45) is 1.43. The van der Waals surface area contributed by atoms with Gasteiger partial charge in [0.1, 0.15) is 4.90 Å². The van der Waals surface area contributed by atoms with E-state index in [2.05, 4.69) is 10.5 Å². The number of hydrazone groups is 1. The van der Waals surface area contributed by atoms with E-state index in [1.807, 2.05) is 0 Å². The average molecular weight is 454 g/mol. The second-order valence-electron chi connectivity index (χ2n) is 7.17. The van der Waals surface area contributed by atoms with E-state index in [1.54, 1.807) is 6.07 Å². The van der Waals surface area contributed by atoms with Crippen LogP contribution in [0.15, 0.2) is 58.5 Å². The van der Waals surface area contributed by atoms with Crippen molar-refractivity contribution in [3.8, 4) is 5.75 Å². The summed E-state index contributed by atoms with van der Waals surface area (Å²) in [6.45, 7) is 0. The van der Waals surface area contributed by atoms with Crippen molar-refractivity contribution in [2.24, 2.45) is 11.0 Å². The number of carbonyl (C=O) groups excluding carboxylic acids is 1. The molecular formula is C21H21F3N2O4S. The first-order chi connectivity index (χ1) is 14.7. The summed E-state index contributed by atoms with van der Waals surface area (Å²) < 4.78 is 68.1. The first-order valence-corrected chi connectivity index (χ1v) is 11.1. The van der Waals surface area contributed by atoms with Crippen LogP contribution in [0, 0.1) is 5.92 Å². The Balaban J connectivity index is 1.71. The van der Waals surface area contributed by atoms with Crippen molar-refractivity contribution >= 4 is 22.2 Å².